The molecule has 0 bridgehead atoms. The first-order chi connectivity index (χ1) is 9.90. The van der Waals surface area contributed by atoms with Gasteiger partial charge in [0.05, 0.1) is 12.6 Å². The van der Waals surface area contributed by atoms with Crippen molar-refractivity contribution in [3.05, 3.63) is 39.5 Å². The summed E-state index contributed by atoms with van der Waals surface area (Å²) in [5, 5.41) is 2.40. The first kappa shape index (κ1) is 14.6. The number of oxazole rings is 1. The lowest BCUT2D eigenvalue weighted by Gasteiger charge is -2.06. The highest BCUT2D eigenvalue weighted by Crippen LogP contribution is 2.19. The summed E-state index contributed by atoms with van der Waals surface area (Å²) in [7, 11) is 1.22. The Bertz CT molecular complexity index is 797. The van der Waals surface area contributed by atoms with Gasteiger partial charge in [-0.25, -0.2) is 9.59 Å². The van der Waals surface area contributed by atoms with Crippen molar-refractivity contribution in [3.63, 3.8) is 0 Å². The van der Waals surface area contributed by atoms with E-state index < -0.39 is 17.6 Å². The average molecular weight is 290 g/mol. The number of H-pyrrole nitrogens is 1. The molecule has 0 atom stereocenters. The highest BCUT2D eigenvalue weighted by Gasteiger charge is 2.12. The van der Waals surface area contributed by atoms with E-state index in [2.05, 4.69) is 15.0 Å². The molecule has 2 rings (SSSR count). The smallest absolute Gasteiger partial charge is 0.417 e. The van der Waals surface area contributed by atoms with Crippen LogP contribution in [0.1, 0.15) is 18.1 Å². The largest absolute Gasteiger partial charge is 0.464 e. The summed E-state index contributed by atoms with van der Waals surface area (Å²) in [4.78, 5) is 36.5. The maximum absolute atomic E-state index is 11.6. The number of aromatic nitrogens is 1. The molecular weight excluding hydrogens is 276 g/mol. The number of benzene rings is 1. The van der Waals surface area contributed by atoms with Gasteiger partial charge in [-0.05, 0) is 36.3 Å². The van der Waals surface area contributed by atoms with Gasteiger partial charge in [0.15, 0.2) is 5.58 Å². The van der Waals surface area contributed by atoms with Crippen molar-refractivity contribution in [1.29, 1.82) is 0 Å². The summed E-state index contributed by atoms with van der Waals surface area (Å²) >= 11 is 0. The molecule has 0 saturated carbocycles. The van der Waals surface area contributed by atoms with Gasteiger partial charge in [0, 0.05) is 6.92 Å². The minimum absolute atomic E-state index is 0.00151. The van der Waals surface area contributed by atoms with Gasteiger partial charge < -0.3 is 14.5 Å². The van der Waals surface area contributed by atoms with Crippen LogP contribution in [0.15, 0.2) is 27.0 Å². The minimum atomic E-state index is -0.668. The van der Waals surface area contributed by atoms with Crippen LogP contribution in [-0.2, 0) is 14.3 Å². The van der Waals surface area contributed by atoms with Gasteiger partial charge in [-0.3, -0.25) is 9.78 Å². The molecule has 1 heterocycles. The van der Waals surface area contributed by atoms with E-state index in [1.165, 1.54) is 20.1 Å². The summed E-state index contributed by atoms with van der Waals surface area (Å²) in [6, 6.07) is 3.34. The lowest BCUT2D eigenvalue weighted by atomic mass is 10.1. The van der Waals surface area contributed by atoms with Crippen molar-refractivity contribution in [3.8, 4) is 0 Å². The molecular formula is C14H14N2O5. The maximum Gasteiger partial charge on any atom is 0.417 e. The number of esters is 1. The molecule has 110 valence electrons. The zero-order valence-electron chi connectivity index (χ0n) is 11.8. The van der Waals surface area contributed by atoms with E-state index in [-0.39, 0.29) is 5.70 Å². The van der Waals surface area contributed by atoms with E-state index in [9.17, 15) is 14.4 Å². The maximum atomic E-state index is 11.6. The van der Waals surface area contributed by atoms with Crippen molar-refractivity contribution in [1.82, 2.24) is 10.3 Å². The SMILES string of the molecule is COC(=O)C(=Cc1cc(C)c2[nH]c(=O)oc2c1)NC(C)=O. The Morgan fingerprint density at radius 3 is 2.71 bits per heavy atom. The fourth-order valence-corrected chi connectivity index (χ4v) is 1.95. The van der Waals surface area contributed by atoms with Gasteiger partial charge in [0.25, 0.3) is 0 Å². The second kappa shape index (κ2) is 5.66. The standard InChI is InChI=1S/C14H14N2O5/c1-7-4-9(6-11-12(7)16-14(19)21-11)5-10(13(18)20-3)15-8(2)17/h4-6H,1-3H3,(H,15,17)(H,16,19). The van der Waals surface area contributed by atoms with E-state index in [1.54, 1.807) is 19.1 Å². The number of carbonyl (C=O) groups excluding carboxylic acids is 2. The Morgan fingerprint density at radius 1 is 1.38 bits per heavy atom. The third kappa shape index (κ3) is 3.19. The Hall–Kier alpha value is -2.83. The molecule has 0 aliphatic heterocycles. The third-order valence-electron chi connectivity index (χ3n) is 2.78. The summed E-state index contributed by atoms with van der Waals surface area (Å²) in [5.74, 6) is -1.61. The van der Waals surface area contributed by atoms with Crippen molar-refractivity contribution in [2.75, 3.05) is 7.11 Å². The Morgan fingerprint density at radius 2 is 2.10 bits per heavy atom. The molecule has 0 aliphatic carbocycles. The van der Waals surface area contributed by atoms with Crippen LogP contribution in [-0.4, -0.2) is 24.0 Å². The molecule has 2 N–H and O–H groups in total. The van der Waals surface area contributed by atoms with Crippen LogP contribution in [0.2, 0.25) is 0 Å². The molecule has 0 spiro atoms. The van der Waals surface area contributed by atoms with Crippen molar-refractivity contribution in [2.45, 2.75) is 13.8 Å². The molecule has 0 radical (unpaired) electrons. The number of fused-ring (bicyclic) bond motifs is 1. The van der Waals surface area contributed by atoms with Gasteiger partial charge in [0.1, 0.15) is 5.70 Å². The van der Waals surface area contributed by atoms with Crippen LogP contribution in [0.3, 0.4) is 0 Å². The highest BCUT2D eigenvalue weighted by molar-refractivity contribution is 5.98. The number of methoxy groups -OCH3 is 1. The Kier molecular flexibility index (Phi) is 3.93. The molecule has 0 unspecified atom stereocenters. The summed E-state index contributed by atoms with van der Waals surface area (Å²) in [6.07, 6.45) is 1.45. The van der Waals surface area contributed by atoms with Gasteiger partial charge in [-0.1, -0.05) is 0 Å². The molecule has 0 aliphatic rings. The predicted molar refractivity (Wildman–Crippen MR) is 75.4 cm³/mol. The van der Waals surface area contributed by atoms with Gasteiger partial charge in [-0.15, -0.1) is 0 Å². The number of carbonyl (C=O) groups is 2. The van der Waals surface area contributed by atoms with Crippen molar-refractivity contribution >= 4 is 29.1 Å². The van der Waals surface area contributed by atoms with Crippen LogP contribution < -0.4 is 11.1 Å². The molecule has 1 aromatic heterocycles. The summed E-state index contributed by atoms with van der Waals surface area (Å²) < 4.78 is 9.60. The van der Waals surface area contributed by atoms with Gasteiger partial charge >= 0.3 is 11.7 Å². The monoisotopic (exact) mass is 290 g/mol. The number of aryl methyl sites for hydroxylation is 1. The van der Waals surface area contributed by atoms with E-state index in [0.29, 0.717) is 16.7 Å². The lowest BCUT2D eigenvalue weighted by molar-refractivity contribution is -0.137. The number of hydrogen-bond acceptors (Lipinski definition) is 5. The van der Waals surface area contributed by atoms with E-state index in [1.807, 2.05) is 0 Å². The third-order valence-corrected chi connectivity index (χ3v) is 2.78. The van der Waals surface area contributed by atoms with E-state index >= 15 is 0 Å². The molecule has 1 aromatic carbocycles. The molecule has 0 fully saturated rings. The first-order valence-corrected chi connectivity index (χ1v) is 6.12. The number of ether oxygens (including phenoxy) is 1. The number of amides is 1. The lowest BCUT2D eigenvalue weighted by Crippen LogP contribution is -2.25. The fourth-order valence-electron chi connectivity index (χ4n) is 1.95. The van der Waals surface area contributed by atoms with Crippen LogP contribution in [0, 0.1) is 6.92 Å². The average Bonchev–Trinajstić information content (AvgIpc) is 2.77. The predicted octanol–water partition coefficient (Wildman–Crippen LogP) is 1.08. The second-order valence-electron chi connectivity index (χ2n) is 4.46. The zero-order valence-corrected chi connectivity index (χ0v) is 11.8. The van der Waals surface area contributed by atoms with E-state index in [0.717, 1.165) is 5.56 Å². The van der Waals surface area contributed by atoms with Crippen molar-refractivity contribution in [2.24, 2.45) is 0 Å². The van der Waals surface area contributed by atoms with Gasteiger partial charge in [0.2, 0.25) is 5.91 Å². The zero-order chi connectivity index (χ0) is 15.6. The number of hydrogen-bond donors (Lipinski definition) is 2. The Balaban J connectivity index is 2.52. The number of aromatic amines is 1. The number of nitrogens with one attached hydrogen (secondary N) is 2. The van der Waals surface area contributed by atoms with Crippen LogP contribution in [0.5, 0.6) is 0 Å². The van der Waals surface area contributed by atoms with Crippen LogP contribution in [0.25, 0.3) is 17.2 Å². The minimum Gasteiger partial charge on any atom is -0.464 e. The summed E-state index contributed by atoms with van der Waals surface area (Å²) in [6.45, 7) is 3.08. The Labute approximate surface area is 119 Å². The van der Waals surface area contributed by atoms with E-state index in [4.69, 9.17) is 4.42 Å². The first-order valence-electron chi connectivity index (χ1n) is 6.12. The molecule has 2 aromatic rings. The molecule has 0 saturated heterocycles. The quantitative estimate of drug-likeness (QED) is 0.650. The fraction of sp³-hybridized carbons (Fsp3) is 0.214. The topological polar surface area (TPSA) is 101 Å². The van der Waals surface area contributed by atoms with Crippen molar-refractivity contribution < 1.29 is 18.7 Å². The van der Waals surface area contributed by atoms with Crippen LogP contribution in [0.4, 0.5) is 0 Å². The van der Waals surface area contributed by atoms with Crippen LogP contribution >= 0.6 is 0 Å². The molecule has 21 heavy (non-hydrogen) atoms. The highest BCUT2D eigenvalue weighted by atomic mass is 16.5. The molecule has 7 heteroatoms. The molecule has 1 amide bonds. The second-order valence-corrected chi connectivity index (χ2v) is 4.46. The number of rotatable bonds is 3. The molecule has 7 nitrogen and oxygen atoms in total. The van der Waals surface area contributed by atoms with Gasteiger partial charge in [-0.2, -0.15) is 0 Å². The summed E-state index contributed by atoms with van der Waals surface area (Å²) in [5.41, 5.74) is 2.34. The normalized spacial score (nSPS) is 11.5.